The van der Waals surface area contributed by atoms with E-state index in [-0.39, 0.29) is 12.0 Å². The second-order valence-electron chi connectivity index (χ2n) is 4.37. The highest BCUT2D eigenvalue weighted by Gasteiger charge is 2.26. The third-order valence-corrected chi connectivity index (χ3v) is 3.70. The van der Waals surface area contributed by atoms with E-state index in [2.05, 4.69) is 38.3 Å². The Kier molecular flexibility index (Phi) is 2.74. The molecule has 4 heteroatoms. The van der Waals surface area contributed by atoms with E-state index in [0.717, 1.165) is 21.4 Å². The van der Waals surface area contributed by atoms with Gasteiger partial charge in [-0.05, 0) is 35.9 Å². The molecule has 0 radical (unpaired) electrons. The molecule has 1 N–H and O–H groups in total. The summed E-state index contributed by atoms with van der Waals surface area (Å²) in [7, 11) is 2.03. The number of nitrogens with one attached hydrogen (secondary N) is 1. The zero-order valence-corrected chi connectivity index (χ0v) is 11.4. The molecule has 1 atom stereocenters. The third kappa shape index (κ3) is 1.86. The van der Waals surface area contributed by atoms with Gasteiger partial charge in [0.2, 0.25) is 0 Å². The molecule has 0 fully saturated rings. The minimum atomic E-state index is -0.209. The Morgan fingerprint density at radius 2 is 1.89 bits per heavy atom. The monoisotopic (exact) mass is 306 g/mol. The van der Waals surface area contributed by atoms with E-state index in [4.69, 9.17) is 0 Å². The van der Waals surface area contributed by atoms with Crippen LogP contribution in [0.3, 0.4) is 0 Å². The van der Waals surface area contributed by atoms with Crippen molar-refractivity contribution in [2.24, 2.45) is 0 Å². The van der Waals surface area contributed by atoms with Crippen molar-refractivity contribution >= 4 is 27.3 Å². The molecule has 2 nitrogen and oxygen atoms in total. The van der Waals surface area contributed by atoms with E-state index in [0.29, 0.717) is 0 Å². The molecule has 18 heavy (non-hydrogen) atoms. The van der Waals surface area contributed by atoms with E-state index >= 15 is 0 Å². The topological polar surface area (TPSA) is 15.3 Å². The van der Waals surface area contributed by atoms with Crippen molar-refractivity contribution in [1.29, 1.82) is 0 Å². The van der Waals surface area contributed by atoms with Gasteiger partial charge in [0.05, 0.1) is 11.4 Å². The molecule has 92 valence electrons. The van der Waals surface area contributed by atoms with Gasteiger partial charge < -0.3 is 10.2 Å². The number of benzene rings is 2. The van der Waals surface area contributed by atoms with E-state index in [1.807, 2.05) is 25.2 Å². The van der Waals surface area contributed by atoms with Gasteiger partial charge >= 0.3 is 0 Å². The second-order valence-corrected chi connectivity index (χ2v) is 5.29. The highest BCUT2D eigenvalue weighted by Crippen LogP contribution is 2.41. The lowest BCUT2D eigenvalue weighted by molar-refractivity contribution is 0.626. The van der Waals surface area contributed by atoms with E-state index in [1.165, 1.54) is 12.1 Å². The first-order chi connectivity index (χ1) is 8.65. The minimum Gasteiger partial charge on any atom is -0.360 e. The highest BCUT2D eigenvalue weighted by atomic mass is 79.9. The minimum absolute atomic E-state index is 0.0508. The van der Waals surface area contributed by atoms with Crippen LogP contribution in [-0.4, -0.2) is 7.05 Å². The van der Waals surface area contributed by atoms with Crippen molar-refractivity contribution in [2.45, 2.75) is 6.17 Å². The SMILES string of the molecule is CN1c2ccc(Br)cc2NC1c1ccc(F)cc1. The largest absolute Gasteiger partial charge is 0.360 e. The quantitative estimate of drug-likeness (QED) is 0.851. The molecule has 0 saturated carbocycles. The molecule has 0 aliphatic carbocycles. The molecule has 0 amide bonds. The Labute approximate surface area is 114 Å². The molecule has 3 rings (SSSR count). The number of rotatable bonds is 1. The first-order valence-corrected chi connectivity index (χ1v) is 6.49. The molecule has 0 bridgehead atoms. The normalized spacial score (nSPS) is 17.5. The van der Waals surface area contributed by atoms with Crippen molar-refractivity contribution in [3.63, 3.8) is 0 Å². The van der Waals surface area contributed by atoms with Crippen molar-refractivity contribution in [1.82, 2.24) is 0 Å². The summed E-state index contributed by atoms with van der Waals surface area (Å²) in [5, 5.41) is 3.43. The Hall–Kier alpha value is -1.55. The second kappa shape index (κ2) is 4.28. The summed E-state index contributed by atoms with van der Waals surface area (Å²) < 4.78 is 14.0. The summed E-state index contributed by atoms with van der Waals surface area (Å²) >= 11 is 3.46. The standard InChI is InChI=1S/C14H12BrFN2/c1-18-13-7-4-10(15)8-12(13)17-14(18)9-2-5-11(16)6-3-9/h2-8,14,17H,1H3. The highest BCUT2D eigenvalue weighted by molar-refractivity contribution is 9.10. The molecule has 0 aromatic heterocycles. The summed E-state index contributed by atoms with van der Waals surface area (Å²) in [6.45, 7) is 0. The van der Waals surface area contributed by atoms with Crippen LogP contribution in [0.2, 0.25) is 0 Å². The average Bonchev–Trinajstić information content (AvgIpc) is 2.67. The van der Waals surface area contributed by atoms with Gasteiger partial charge in [-0.15, -0.1) is 0 Å². The van der Waals surface area contributed by atoms with Crippen molar-refractivity contribution in [2.75, 3.05) is 17.3 Å². The van der Waals surface area contributed by atoms with Crippen LogP contribution in [0.4, 0.5) is 15.8 Å². The molecular formula is C14H12BrFN2. The van der Waals surface area contributed by atoms with Crippen LogP contribution >= 0.6 is 15.9 Å². The van der Waals surface area contributed by atoms with Gasteiger partial charge in [-0.1, -0.05) is 28.1 Å². The first kappa shape index (κ1) is 11.5. The van der Waals surface area contributed by atoms with Gasteiger partial charge in [0, 0.05) is 11.5 Å². The predicted octanol–water partition coefficient (Wildman–Crippen LogP) is 4.15. The predicted molar refractivity (Wildman–Crippen MR) is 75.3 cm³/mol. The summed E-state index contributed by atoms with van der Waals surface area (Å²) in [5.74, 6) is -0.209. The molecule has 0 spiro atoms. The molecule has 0 saturated heterocycles. The molecule has 1 aliphatic heterocycles. The number of anilines is 2. The van der Waals surface area contributed by atoms with Crippen LogP contribution in [0, 0.1) is 5.82 Å². The lowest BCUT2D eigenvalue weighted by atomic mass is 10.1. The fourth-order valence-corrected chi connectivity index (χ4v) is 2.63. The zero-order chi connectivity index (χ0) is 12.7. The molecule has 1 aliphatic rings. The summed E-state index contributed by atoms with van der Waals surface area (Å²) in [4.78, 5) is 2.15. The molecular weight excluding hydrogens is 295 g/mol. The Morgan fingerprint density at radius 1 is 1.17 bits per heavy atom. The number of fused-ring (bicyclic) bond motifs is 1. The van der Waals surface area contributed by atoms with E-state index in [1.54, 1.807) is 0 Å². The van der Waals surface area contributed by atoms with Gasteiger partial charge in [-0.25, -0.2) is 4.39 Å². The van der Waals surface area contributed by atoms with Gasteiger partial charge in [-0.2, -0.15) is 0 Å². The average molecular weight is 307 g/mol. The number of hydrogen-bond acceptors (Lipinski definition) is 2. The maximum absolute atomic E-state index is 12.9. The lowest BCUT2D eigenvalue weighted by Gasteiger charge is -2.22. The van der Waals surface area contributed by atoms with E-state index < -0.39 is 0 Å². The Morgan fingerprint density at radius 3 is 2.61 bits per heavy atom. The molecule has 1 heterocycles. The smallest absolute Gasteiger partial charge is 0.125 e. The molecule has 2 aromatic carbocycles. The Bertz CT molecular complexity index is 583. The number of hydrogen-bond donors (Lipinski definition) is 1. The van der Waals surface area contributed by atoms with Crippen LogP contribution < -0.4 is 10.2 Å². The van der Waals surface area contributed by atoms with Crippen LogP contribution in [0.5, 0.6) is 0 Å². The summed E-state index contributed by atoms with van der Waals surface area (Å²) in [6, 6.07) is 12.7. The van der Waals surface area contributed by atoms with Crippen LogP contribution in [0.25, 0.3) is 0 Å². The maximum Gasteiger partial charge on any atom is 0.125 e. The first-order valence-electron chi connectivity index (χ1n) is 5.69. The fourth-order valence-electron chi connectivity index (χ4n) is 2.27. The number of halogens is 2. The fraction of sp³-hybridized carbons (Fsp3) is 0.143. The van der Waals surface area contributed by atoms with Gasteiger partial charge in [0.15, 0.2) is 0 Å². The van der Waals surface area contributed by atoms with Gasteiger partial charge in [-0.3, -0.25) is 0 Å². The number of nitrogens with zero attached hydrogens (tertiary/aromatic N) is 1. The van der Waals surface area contributed by atoms with Gasteiger partial charge in [0.1, 0.15) is 12.0 Å². The summed E-state index contributed by atoms with van der Waals surface area (Å²) in [6.07, 6.45) is 0.0508. The van der Waals surface area contributed by atoms with Crippen molar-refractivity contribution < 1.29 is 4.39 Å². The lowest BCUT2D eigenvalue weighted by Crippen LogP contribution is -2.23. The van der Waals surface area contributed by atoms with Crippen LogP contribution in [0.15, 0.2) is 46.9 Å². The van der Waals surface area contributed by atoms with Crippen LogP contribution in [0.1, 0.15) is 11.7 Å². The van der Waals surface area contributed by atoms with Crippen LogP contribution in [-0.2, 0) is 0 Å². The Balaban J connectivity index is 1.96. The third-order valence-electron chi connectivity index (χ3n) is 3.20. The maximum atomic E-state index is 12.9. The van der Waals surface area contributed by atoms with E-state index in [9.17, 15) is 4.39 Å². The van der Waals surface area contributed by atoms with Gasteiger partial charge in [0.25, 0.3) is 0 Å². The summed E-state index contributed by atoms with van der Waals surface area (Å²) in [5.41, 5.74) is 3.28. The molecule has 1 unspecified atom stereocenters. The van der Waals surface area contributed by atoms with Crippen molar-refractivity contribution in [3.8, 4) is 0 Å². The molecule has 2 aromatic rings. The zero-order valence-electron chi connectivity index (χ0n) is 9.82. The van der Waals surface area contributed by atoms with Crippen molar-refractivity contribution in [3.05, 3.63) is 58.3 Å².